The third-order valence-electron chi connectivity index (χ3n) is 3.36. The highest BCUT2D eigenvalue weighted by molar-refractivity contribution is 8.00. The van der Waals surface area contributed by atoms with Crippen molar-refractivity contribution in [2.75, 3.05) is 11.1 Å². The van der Waals surface area contributed by atoms with Gasteiger partial charge in [0.1, 0.15) is 5.03 Å². The lowest BCUT2D eigenvalue weighted by molar-refractivity contribution is -0.113. The van der Waals surface area contributed by atoms with Gasteiger partial charge < -0.3 is 5.32 Å². The molecule has 1 aromatic heterocycles. The zero-order chi connectivity index (χ0) is 16.2. The maximum Gasteiger partial charge on any atom is 0.234 e. The molecule has 0 radical (unpaired) electrons. The first-order chi connectivity index (χ1) is 11.1. The minimum Gasteiger partial charge on any atom is -0.324 e. The van der Waals surface area contributed by atoms with Gasteiger partial charge in [-0.05, 0) is 18.6 Å². The third-order valence-corrected chi connectivity index (χ3v) is 4.66. The van der Waals surface area contributed by atoms with Crippen molar-refractivity contribution in [2.24, 2.45) is 0 Å². The maximum atomic E-state index is 12.2. The van der Waals surface area contributed by atoms with Crippen LogP contribution in [0.1, 0.15) is 5.56 Å². The molecule has 116 valence electrons. The van der Waals surface area contributed by atoms with E-state index in [1.54, 1.807) is 12.3 Å². The fourth-order valence-corrected chi connectivity index (χ4v) is 3.26. The summed E-state index contributed by atoms with van der Waals surface area (Å²) >= 11 is 7.49. The summed E-state index contributed by atoms with van der Waals surface area (Å²) in [5, 5.41) is 14.2. The van der Waals surface area contributed by atoms with E-state index in [9.17, 15) is 4.79 Å². The Kier molecular flexibility index (Phi) is 4.79. The van der Waals surface area contributed by atoms with Crippen LogP contribution in [0.3, 0.4) is 0 Å². The molecule has 1 heterocycles. The lowest BCUT2D eigenvalue weighted by atomic mass is 10.2. The van der Waals surface area contributed by atoms with Crippen molar-refractivity contribution in [3.05, 3.63) is 59.2 Å². The van der Waals surface area contributed by atoms with Crippen molar-refractivity contribution in [2.45, 2.75) is 11.9 Å². The Balaban J connectivity index is 1.71. The molecule has 3 aromatic rings. The molecule has 0 atom stereocenters. The van der Waals surface area contributed by atoms with Gasteiger partial charge in [-0.25, -0.2) is 0 Å². The van der Waals surface area contributed by atoms with Crippen molar-refractivity contribution < 1.29 is 4.79 Å². The minimum absolute atomic E-state index is 0.124. The van der Waals surface area contributed by atoms with Crippen LogP contribution < -0.4 is 5.32 Å². The van der Waals surface area contributed by atoms with E-state index in [1.165, 1.54) is 11.8 Å². The number of anilines is 1. The van der Waals surface area contributed by atoms with E-state index >= 15 is 0 Å². The highest BCUT2D eigenvalue weighted by Gasteiger charge is 2.11. The monoisotopic (exact) mass is 343 g/mol. The minimum atomic E-state index is -0.124. The predicted molar refractivity (Wildman–Crippen MR) is 95.1 cm³/mol. The number of nitrogens with zero attached hydrogens (tertiary/aromatic N) is 2. The number of thioether (sulfide) groups is 1. The number of nitrogens with one attached hydrogen (secondary N) is 1. The molecule has 0 bridgehead atoms. The highest BCUT2D eigenvalue weighted by atomic mass is 35.5. The number of carbonyl (C=O) groups is 1. The van der Waals surface area contributed by atoms with Crippen molar-refractivity contribution in [3.8, 4) is 0 Å². The molecule has 0 aliphatic carbocycles. The molecular weight excluding hydrogens is 330 g/mol. The van der Waals surface area contributed by atoms with Crippen molar-refractivity contribution in [1.82, 2.24) is 10.2 Å². The van der Waals surface area contributed by atoms with Crippen LogP contribution in [0.4, 0.5) is 5.69 Å². The molecule has 0 saturated heterocycles. The summed E-state index contributed by atoms with van der Waals surface area (Å²) < 4.78 is 0. The topological polar surface area (TPSA) is 54.9 Å². The summed E-state index contributed by atoms with van der Waals surface area (Å²) in [5.41, 5.74) is 1.59. The number of aryl methyl sites for hydroxylation is 1. The standard InChI is InChI=1S/C17H14ClN3OS/c1-11-5-4-8-14(18)16(11)20-15(22)10-23-17-13-7-3-2-6-12(13)9-19-21-17/h2-9H,10H2,1H3,(H,20,22). The SMILES string of the molecule is Cc1cccc(Cl)c1NC(=O)CSc1nncc2ccccc12. The molecule has 23 heavy (non-hydrogen) atoms. The van der Waals surface area contributed by atoms with Crippen LogP contribution in [-0.4, -0.2) is 21.9 Å². The van der Waals surface area contributed by atoms with Gasteiger partial charge in [0.15, 0.2) is 0 Å². The molecule has 2 aromatic carbocycles. The molecule has 6 heteroatoms. The van der Waals surface area contributed by atoms with Gasteiger partial charge in [-0.3, -0.25) is 4.79 Å². The van der Waals surface area contributed by atoms with E-state index in [0.29, 0.717) is 10.7 Å². The molecule has 1 amide bonds. The Labute approximate surface area is 143 Å². The second kappa shape index (κ2) is 6.98. The zero-order valence-electron chi connectivity index (χ0n) is 12.4. The van der Waals surface area contributed by atoms with Gasteiger partial charge in [-0.2, -0.15) is 5.10 Å². The summed E-state index contributed by atoms with van der Waals surface area (Å²) in [7, 11) is 0. The highest BCUT2D eigenvalue weighted by Crippen LogP contribution is 2.27. The number of fused-ring (bicyclic) bond motifs is 1. The lowest BCUT2D eigenvalue weighted by Crippen LogP contribution is -2.15. The first-order valence-electron chi connectivity index (χ1n) is 7.03. The summed E-state index contributed by atoms with van der Waals surface area (Å²) in [6, 6.07) is 13.4. The summed E-state index contributed by atoms with van der Waals surface area (Å²) in [6.45, 7) is 1.91. The molecule has 4 nitrogen and oxygen atoms in total. The van der Waals surface area contributed by atoms with E-state index in [1.807, 2.05) is 43.3 Å². The Morgan fingerprint density at radius 3 is 2.87 bits per heavy atom. The van der Waals surface area contributed by atoms with Gasteiger partial charge in [0.25, 0.3) is 0 Å². The zero-order valence-corrected chi connectivity index (χ0v) is 14.0. The van der Waals surface area contributed by atoms with Crippen LogP contribution in [0.5, 0.6) is 0 Å². The smallest absolute Gasteiger partial charge is 0.234 e. The van der Waals surface area contributed by atoms with Gasteiger partial charge in [0.2, 0.25) is 5.91 Å². The number of benzene rings is 2. The molecule has 0 aliphatic rings. The van der Waals surface area contributed by atoms with E-state index in [0.717, 1.165) is 21.4 Å². The normalized spacial score (nSPS) is 10.7. The molecule has 0 saturated carbocycles. The quantitative estimate of drug-likeness (QED) is 0.717. The van der Waals surface area contributed by atoms with E-state index in [-0.39, 0.29) is 11.7 Å². The molecule has 0 fully saturated rings. The van der Waals surface area contributed by atoms with Gasteiger partial charge in [0, 0.05) is 10.8 Å². The van der Waals surface area contributed by atoms with Gasteiger partial charge in [0.05, 0.1) is 22.7 Å². The molecule has 0 unspecified atom stereocenters. The number of carbonyl (C=O) groups excluding carboxylic acids is 1. The number of para-hydroxylation sites is 1. The van der Waals surface area contributed by atoms with Crippen LogP contribution in [0, 0.1) is 6.92 Å². The average molecular weight is 344 g/mol. The van der Waals surface area contributed by atoms with E-state index < -0.39 is 0 Å². The number of hydrogen-bond donors (Lipinski definition) is 1. The third kappa shape index (κ3) is 3.63. The Bertz CT molecular complexity index is 844. The molecule has 3 rings (SSSR count). The lowest BCUT2D eigenvalue weighted by Gasteiger charge is -2.10. The van der Waals surface area contributed by atoms with Crippen molar-refractivity contribution in [1.29, 1.82) is 0 Å². The van der Waals surface area contributed by atoms with Crippen LogP contribution in [0.25, 0.3) is 10.8 Å². The van der Waals surface area contributed by atoms with Gasteiger partial charge in [-0.15, -0.1) is 5.10 Å². The average Bonchev–Trinajstić information content (AvgIpc) is 2.56. The maximum absolute atomic E-state index is 12.2. The number of halogens is 1. The largest absolute Gasteiger partial charge is 0.324 e. The van der Waals surface area contributed by atoms with Gasteiger partial charge in [-0.1, -0.05) is 59.8 Å². The van der Waals surface area contributed by atoms with Crippen LogP contribution in [0.2, 0.25) is 5.02 Å². The molecule has 1 N–H and O–H groups in total. The summed E-state index contributed by atoms with van der Waals surface area (Å²) in [6.07, 6.45) is 1.71. The van der Waals surface area contributed by atoms with E-state index in [2.05, 4.69) is 15.5 Å². The second-order valence-corrected chi connectivity index (χ2v) is 6.38. The summed E-state index contributed by atoms with van der Waals surface area (Å²) in [5.74, 6) is 0.119. The second-order valence-electron chi connectivity index (χ2n) is 5.01. The van der Waals surface area contributed by atoms with E-state index in [4.69, 9.17) is 11.6 Å². The Hall–Kier alpha value is -2.11. The number of rotatable bonds is 4. The first kappa shape index (κ1) is 15.8. The van der Waals surface area contributed by atoms with Gasteiger partial charge >= 0.3 is 0 Å². The Morgan fingerprint density at radius 2 is 2.04 bits per heavy atom. The van der Waals surface area contributed by atoms with Crippen molar-refractivity contribution in [3.63, 3.8) is 0 Å². The summed E-state index contributed by atoms with van der Waals surface area (Å²) in [4.78, 5) is 12.2. The fourth-order valence-electron chi connectivity index (χ4n) is 2.21. The number of aromatic nitrogens is 2. The molecule has 0 spiro atoms. The first-order valence-corrected chi connectivity index (χ1v) is 8.39. The Morgan fingerprint density at radius 1 is 1.22 bits per heavy atom. The number of amides is 1. The van der Waals surface area contributed by atoms with Crippen LogP contribution >= 0.6 is 23.4 Å². The van der Waals surface area contributed by atoms with Crippen LogP contribution in [0.15, 0.2) is 53.7 Å². The molecular formula is C17H14ClN3OS. The van der Waals surface area contributed by atoms with Crippen molar-refractivity contribution >= 4 is 45.7 Å². The predicted octanol–water partition coefficient (Wildman–Crippen LogP) is 4.32. The fraction of sp³-hybridized carbons (Fsp3) is 0.118. The van der Waals surface area contributed by atoms with Crippen LogP contribution in [-0.2, 0) is 4.79 Å². The number of hydrogen-bond acceptors (Lipinski definition) is 4. The molecule has 0 aliphatic heterocycles.